The monoisotopic (exact) mass is 437 g/mol. The van der Waals surface area contributed by atoms with Crippen LogP contribution in [0.4, 0.5) is 10.1 Å². The van der Waals surface area contributed by atoms with Gasteiger partial charge >= 0.3 is 0 Å². The normalized spacial score (nSPS) is 13.4. The van der Waals surface area contributed by atoms with Gasteiger partial charge in [0.05, 0.1) is 16.3 Å². The number of halogens is 3. The van der Waals surface area contributed by atoms with Gasteiger partial charge < -0.3 is 4.72 Å². The fraction of sp³-hybridized carbons (Fsp3) is 0.250. The van der Waals surface area contributed by atoms with E-state index in [2.05, 4.69) is 4.72 Å². The Bertz CT molecular complexity index is 1070. The Hall–Kier alpha value is -1.89. The van der Waals surface area contributed by atoms with Crippen molar-refractivity contribution in [1.29, 1.82) is 0 Å². The molecule has 0 spiro atoms. The van der Waals surface area contributed by atoms with Crippen LogP contribution in [0.3, 0.4) is 0 Å². The molecule has 8 heteroatoms. The van der Waals surface area contributed by atoms with Crippen LogP contribution in [-0.4, -0.2) is 9.36 Å². The maximum absolute atomic E-state index is 14.7. The summed E-state index contributed by atoms with van der Waals surface area (Å²) >= 11 is 14.1. The van der Waals surface area contributed by atoms with Crippen LogP contribution in [0.25, 0.3) is 11.1 Å². The molecule has 0 saturated heterocycles. The zero-order valence-electron chi connectivity index (χ0n) is 14.9. The lowest BCUT2D eigenvalue weighted by Gasteiger charge is -2.17. The Morgan fingerprint density at radius 1 is 1.07 bits per heavy atom. The first kappa shape index (κ1) is 19.4. The van der Waals surface area contributed by atoms with E-state index in [-0.39, 0.29) is 26.9 Å². The fourth-order valence-corrected chi connectivity index (χ4v) is 4.71. The van der Waals surface area contributed by atoms with E-state index in [1.807, 2.05) is 30.3 Å². The molecular weight excluding hydrogens is 420 g/mol. The van der Waals surface area contributed by atoms with Crippen molar-refractivity contribution in [3.05, 3.63) is 74.4 Å². The van der Waals surface area contributed by atoms with Gasteiger partial charge in [0.1, 0.15) is 11.0 Å². The first-order valence-corrected chi connectivity index (χ1v) is 10.7. The Kier molecular flexibility index (Phi) is 5.71. The van der Waals surface area contributed by atoms with Crippen LogP contribution < -0.4 is 10.3 Å². The van der Waals surface area contributed by atoms with Crippen molar-refractivity contribution in [1.82, 2.24) is 9.36 Å². The summed E-state index contributed by atoms with van der Waals surface area (Å²) in [6.45, 7) is 1.24. The SMILES string of the molecule is O=c1c(-c2cc(NSCc3ccccc3)c(Cl)cc2F)c(Cl)n2n1CCCC2. The van der Waals surface area contributed by atoms with Crippen LogP contribution >= 0.6 is 35.1 Å². The molecule has 3 aromatic rings. The molecule has 0 radical (unpaired) electrons. The van der Waals surface area contributed by atoms with E-state index in [1.54, 1.807) is 15.4 Å². The van der Waals surface area contributed by atoms with Gasteiger partial charge in [0.2, 0.25) is 0 Å². The van der Waals surface area contributed by atoms with Crippen molar-refractivity contribution >= 4 is 40.8 Å². The molecular formula is C20H18Cl2FN3OS. The van der Waals surface area contributed by atoms with Crippen LogP contribution in [0, 0.1) is 5.82 Å². The molecule has 0 bridgehead atoms. The summed E-state index contributed by atoms with van der Waals surface area (Å²) in [5, 5.41) is 0.524. The number of benzene rings is 2. The van der Waals surface area contributed by atoms with Gasteiger partial charge in [-0.25, -0.2) is 9.07 Å². The molecule has 1 aromatic heterocycles. The zero-order valence-corrected chi connectivity index (χ0v) is 17.3. The standard InChI is InChI=1S/C20H18Cl2FN3OS/c21-15-11-16(23)14(10-17(15)24-28-12-13-6-2-1-3-7-13)18-19(22)25-8-4-5-9-26(25)20(18)27/h1-3,6-7,10-11,24H,4-5,8-9,12H2. The zero-order chi connectivity index (χ0) is 19.7. The first-order valence-electron chi connectivity index (χ1n) is 8.96. The molecule has 2 heterocycles. The smallest absolute Gasteiger partial charge is 0.276 e. The van der Waals surface area contributed by atoms with E-state index in [1.165, 1.54) is 18.0 Å². The molecule has 0 amide bonds. The molecule has 0 aliphatic carbocycles. The molecule has 146 valence electrons. The predicted octanol–water partition coefficient (Wildman–Crippen LogP) is 5.82. The fourth-order valence-electron chi connectivity index (χ4n) is 3.34. The summed E-state index contributed by atoms with van der Waals surface area (Å²) in [4.78, 5) is 12.8. The van der Waals surface area contributed by atoms with Gasteiger partial charge in [0.25, 0.3) is 5.56 Å². The third-order valence-corrected chi connectivity index (χ3v) is 6.29. The highest BCUT2D eigenvalue weighted by molar-refractivity contribution is 7.99. The lowest BCUT2D eigenvalue weighted by Crippen LogP contribution is -2.27. The maximum atomic E-state index is 14.7. The molecule has 1 aliphatic heterocycles. The summed E-state index contributed by atoms with van der Waals surface area (Å²) < 4.78 is 21.2. The van der Waals surface area contributed by atoms with E-state index >= 15 is 0 Å². The Balaban J connectivity index is 1.65. The highest BCUT2D eigenvalue weighted by atomic mass is 35.5. The molecule has 4 nitrogen and oxygen atoms in total. The third-order valence-electron chi connectivity index (χ3n) is 4.75. The highest BCUT2D eigenvalue weighted by Gasteiger charge is 2.24. The quantitative estimate of drug-likeness (QED) is 0.511. The van der Waals surface area contributed by atoms with Crippen molar-refractivity contribution < 1.29 is 4.39 Å². The number of rotatable bonds is 5. The number of hydrogen-bond acceptors (Lipinski definition) is 3. The maximum Gasteiger partial charge on any atom is 0.276 e. The lowest BCUT2D eigenvalue weighted by atomic mass is 10.1. The third kappa shape index (κ3) is 3.69. The molecule has 1 aliphatic rings. The first-order chi connectivity index (χ1) is 13.6. The lowest BCUT2D eigenvalue weighted by molar-refractivity contribution is 0.356. The largest absolute Gasteiger partial charge is 0.328 e. The second kappa shape index (κ2) is 8.23. The van der Waals surface area contributed by atoms with Crippen LogP contribution in [0.15, 0.2) is 47.3 Å². The average Bonchev–Trinajstić information content (AvgIpc) is 2.95. The van der Waals surface area contributed by atoms with E-state index < -0.39 is 5.82 Å². The van der Waals surface area contributed by atoms with E-state index in [4.69, 9.17) is 23.2 Å². The molecule has 0 atom stereocenters. The topological polar surface area (TPSA) is 39.0 Å². The van der Waals surface area contributed by atoms with Crippen LogP contribution in [0.5, 0.6) is 0 Å². The summed E-state index contributed by atoms with van der Waals surface area (Å²) in [7, 11) is 0. The van der Waals surface area contributed by atoms with Gasteiger partial charge in [0, 0.05) is 24.4 Å². The van der Waals surface area contributed by atoms with E-state index in [9.17, 15) is 9.18 Å². The number of anilines is 1. The number of aromatic nitrogens is 2. The number of hydrogen-bond donors (Lipinski definition) is 1. The number of nitrogens with zero attached hydrogens (tertiary/aromatic N) is 2. The molecule has 2 aromatic carbocycles. The Morgan fingerprint density at radius 2 is 1.79 bits per heavy atom. The second-order valence-electron chi connectivity index (χ2n) is 6.61. The van der Waals surface area contributed by atoms with Gasteiger partial charge in [-0.05, 0) is 42.5 Å². The van der Waals surface area contributed by atoms with Crippen molar-refractivity contribution in [3.63, 3.8) is 0 Å². The molecule has 0 fully saturated rings. The van der Waals surface area contributed by atoms with Gasteiger partial charge in [-0.1, -0.05) is 53.5 Å². The van der Waals surface area contributed by atoms with Crippen molar-refractivity contribution in [2.24, 2.45) is 0 Å². The summed E-state index contributed by atoms with van der Waals surface area (Å²) in [5.74, 6) is 0.152. The van der Waals surface area contributed by atoms with Gasteiger partial charge in [-0.2, -0.15) is 0 Å². The predicted molar refractivity (Wildman–Crippen MR) is 115 cm³/mol. The Labute approximate surface area is 176 Å². The minimum Gasteiger partial charge on any atom is -0.328 e. The van der Waals surface area contributed by atoms with Crippen molar-refractivity contribution in [3.8, 4) is 11.1 Å². The van der Waals surface area contributed by atoms with E-state index in [0.717, 1.165) is 18.4 Å². The van der Waals surface area contributed by atoms with Crippen LogP contribution in [0.1, 0.15) is 18.4 Å². The molecule has 0 unspecified atom stereocenters. The van der Waals surface area contributed by atoms with Crippen molar-refractivity contribution in [2.45, 2.75) is 31.7 Å². The molecule has 4 rings (SSSR count). The Morgan fingerprint density at radius 3 is 2.50 bits per heavy atom. The minimum atomic E-state index is -0.564. The summed E-state index contributed by atoms with van der Waals surface area (Å²) in [6, 6.07) is 12.7. The molecule has 28 heavy (non-hydrogen) atoms. The summed E-state index contributed by atoms with van der Waals surface area (Å²) in [5.41, 5.74) is 1.78. The summed E-state index contributed by atoms with van der Waals surface area (Å²) in [6.07, 6.45) is 1.85. The molecule has 0 saturated carbocycles. The van der Waals surface area contributed by atoms with Gasteiger partial charge in [-0.15, -0.1) is 0 Å². The van der Waals surface area contributed by atoms with Crippen molar-refractivity contribution in [2.75, 3.05) is 4.72 Å². The van der Waals surface area contributed by atoms with E-state index in [0.29, 0.717) is 24.5 Å². The number of nitrogens with one attached hydrogen (secondary N) is 1. The minimum absolute atomic E-state index is 0.164. The highest BCUT2D eigenvalue weighted by Crippen LogP contribution is 2.35. The molecule has 1 N–H and O–H groups in total. The average molecular weight is 438 g/mol. The number of fused-ring (bicyclic) bond motifs is 1. The van der Waals surface area contributed by atoms with Crippen LogP contribution in [0.2, 0.25) is 10.2 Å². The second-order valence-corrected chi connectivity index (χ2v) is 8.16. The van der Waals surface area contributed by atoms with Gasteiger partial charge in [0.15, 0.2) is 0 Å². The van der Waals surface area contributed by atoms with Gasteiger partial charge in [-0.3, -0.25) is 9.48 Å². The van der Waals surface area contributed by atoms with Crippen LogP contribution in [-0.2, 0) is 18.8 Å².